The summed E-state index contributed by atoms with van der Waals surface area (Å²) in [5.41, 5.74) is 2.08. The van der Waals surface area contributed by atoms with Crippen LogP contribution in [0.4, 0.5) is 0 Å². The van der Waals surface area contributed by atoms with E-state index in [0.717, 1.165) is 42.4 Å². The van der Waals surface area contributed by atoms with Crippen molar-refractivity contribution in [2.24, 2.45) is 17.8 Å². The van der Waals surface area contributed by atoms with Crippen molar-refractivity contribution in [3.05, 3.63) is 28.8 Å². The maximum atomic E-state index is 14.1. The van der Waals surface area contributed by atoms with Gasteiger partial charge in [0.15, 0.2) is 0 Å². The number of carbonyl (C=O) groups is 1. The summed E-state index contributed by atoms with van der Waals surface area (Å²) in [6.07, 6.45) is 4.73. The molecule has 0 saturated heterocycles. The van der Waals surface area contributed by atoms with E-state index in [4.69, 9.17) is 18.9 Å². The summed E-state index contributed by atoms with van der Waals surface area (Å²) in [5.74, 6) is 3.05. The molecule has 2 aliphatic carbocycles. The van der Waals surface area contributed by atoms with Crippen LogP contribution in [-0.2, 0) is 14.9 Å². The average Bonchev–Trinajstić information content (AvgIpc) is 3.46. The van der Waals surface area contributed by atoms with Gasteiger partial charge in [0, 0.05) is 12.1 Å². The van der Waals surface area contributed by atoms with Crippen molar-refractivity contribution >= 4 is 5.97 Å². The zero-order valence-corrected chi connectivity index (χ0v) is 21.0. The molecule has 1 aromatic carbocycles. The lowest BCUT2D eigenvalue weighted by Crippen LogP contribution is -2.40. The van der Waals surface area contributed by atoms with Gasteiger partial charge in [-0.05, 0) is 54.6 Å². The minimum atomic E-state index is -0.908. The summed E-state index contributed by atoms with van der Waals surface area (Å²) in [5, 5.41) is 0. The number of methoxy groups -OCH3 is 3. The fourth-order valence-corrected chi connectivity index (χ4v) is 5.85. The molecule has 0 spiro atoms. The number of rotatable bonds is 9. The molecule has 1 saturated carbocycles. The van der Waals surface area contributed by atoms with Crippen LogP contribution in [0.3, 0.4) is 0 Å². The van der Waals surface area contributed by atoms with E-state index in [2.05, 4.69) is 34.6 Å². The molecule has 0 radical (unpaired) electrons. The minimum Gasteiger partial charge on any atom is -0.496 e. The number of benzene rings is 1. The van der Waals surface area contributed by atoms with Gasteiger partial charge < -0.3 is 18.9 Å². The second-order valence-electron chi connectivity index (χ2n) is 9.59. The number of carbonyl (C=O) groups excluding carboxylic acids is 1. The Labute approximate surface area is 193 Å². The fraction of sp³-hybridized carbons (Fsp3) is 0.667. The molecule has 0 amide bonds. The molecule has 5 nitrogen and oxygen atoms in total. The summed E-state index contributed by atoms with van der Waals surface area (Å²) >= 11 is 0. The highest BCUT2D eigenvalue weighted by molar-refractivity contribution is 6.01. The number of esters is 1. The molecular weight excluding hydrogens is 404 g/mol. The average molecular weight is 445 g/mol. The van der Waals surface area contributed by atoms with Gasteiger partial charge in [-0.25, -0.2) is 0 Å². The normalized spacial score (nSPS) is 24.3. The number of ether oxygens (including phenoxy) is 4. The van der Waals surface area contributed by atoms with E-state index >= 15 is 0 Å². The van der Waals surface area contributed by atoms with E-state index in [1.54, 1.807) is 21.3 Å². The van der Waals surface area contributed by atoms with Crippen molar-refractivity contribution in [3.8, 4) is 17.2 Å². The summed E-state index contributed by atoms with van der Waals surface area (Å²) in [7, 11) is 4.85. The lowest BCUT2D eigenvalue weighted by Gasteiger charge is -2.38. The molecule has 178 valence electrons. The smallest absolute Gasteiger partial charge is 0.325 e. The Hall–Kier alpha value is -2.17. The Bertz CT molecular complexity index is 830. The van der Waals surface area contributed by atoms with Crippen molar-refractivity contribution < 1.29 is 23.7 Å². The van der Waals surface area contributed by atoms with Crippen LogP contribution in [-0.4, -0.2) is 33.4 Å². The zero-order chi connectivity index (χ0) is 23.6. The Kier molecular flexibility index (Phi) is 7.46. The van der Waals surface area contributed by atoms with Gasteiger partial charge in [-0.3, -0.25) is 4.79 Å². The molecule has 2 aliphatic rings. The molecular formula is C27H40O5. The standard InChI is InChI=1S/C27H40O5/c1-9-20-21(10-2)27(20,25-23(30-7)14-18(29-6)15-24(25)31-8)26(28)32-22-13-17(5)11-12-19(22)16(3)4/h14-17,19,22H,9-13H2,1-8H3. The Balaban J connectivity index is 2.08. The first-order valence-corrected chi connectivity index (χ1v) is 12.0. The molecule has 0 heterocycles. The molecule has 32 heavy (non-hydrogen) atoms. The Morgan fingerprint density at radius 1 is 1.00 bits per heavy atom. The SMILES string of the molecule is CCC1=C(CC)C1(C(=O)OC1CC(C)CCC1C(C)C)c1c(OC)cc(OC)cc1OC. The first kappa shape index (κ1) is 24.5. The second-order valence-corrected chi connectivity index (χ2v) is 9.59. The van der Waals surface area contributed by atoms with Gasteiger partial charge in [0.1, 0.15) is 28.8 Å². The quantitative estimate of drug-likeness (QED) is 0.341. The van der Waals surface area contributed by atoms with E-state index in [-0.39, 0.29) is 12.1 Å². The topological polar surface area (TPSA) is 54.0 Å². The maximum absolute atomic E-state index is 14.1. The monoisotopic (exact) mass is 444 g/mol. The van der Waals surface area contributed by atoms with Crippen molar-refractivity contribution in [3.63, 3.8) is 0 Å². The third kappa shape index (κ3) is 3.99. The lowest BCUT2D eigenvalue weighted by molar-refractivity contribution is -0.158. The summed E-state index contributed by atoms with van der Waals surface area (Å²) < 4.78 is 23.4. The predicted octanol–water partition coefficient (Wildman–Crippen LogP) is 6.08. The fourth-order valence-electron chi connectivity index (χ4n) is 5.85. The molecule has 5 heteroatoms. The third-order valence-electron chi connectivity index (χ3n) is 7.53. The number of hydrogen-bond acceptors (Lipinski definition) is 5. The number of hydrogen-bond donors (Lipinski definition) is 0. The summed E-state index contributed by atoms with van der Waals surface area (Å²) in [4.78, 5) is 14.1. The van der Waals surface area contributed by atoms with Crippen LogP contribution >= 0.6 is 0 Å². The second kappa shape index (κ2) is 9.76. The van der Waals surface area contributed by atoms with Gasteiger partial charge in [0.2, 0.25) is 0 Å². The van der Waals surface area contributed by atoms with Crippen molar-refractivity contribution in [2.45, 2.75) is 78.2 Å². The predicted molar refractivity (Wildman–Crippen MR) is 127 cm³/mol. The highest BCUT2D eigenvalue weighted by Crippen LogP contribution is 2.63. The molecule has 0 aliphatic heterocycles. The van der Waals surface area contributed by atoms with E-state index in [0.29, 0.717) is 35.0 Å². The molecule has 0 aromatic heterocycles. The lowest BCUT2D eigenvalue weighted by atomic mass is 9.75. The van der Waals surface area contributed by atoms with Crippen LogP contribution in [0.15, 0.2) is 23.3 Å². The molecule has 3 rings (SSSR count). The van der Waals surface area contributed by atoms with Crippen LogP contribution in [0.5, 0.6) is 17.2 Å². The first-order chi connectivity index (χ1) is 15.3. The highest BCUT2D eigenvalue weighted by atomic mass is 16.5. The molecule has 0 bridgehead atoms. The van der Waals surface area contributed by atoms with Crippen molar-refractivity contribution in [2.75, 3.05) is 21.3 Å². The van der Waals surface area contributed by atoms with Crippen LogP contribution in [0.25, 0.3) is 0 Å². The maximum Gasteiger partial charge on any atom is 0.325 e. The molecule has 3 atom stereocenters. The van der Waals surface area contributed by atoms with E-state index < -0.39 is 5.41 Å². The molecule has 3 unspecified atom stereocenters. The van der Waals surface area contributed by atoms with E-state index in [1.807, 2.05) is 12.1 Å². The van der Waals surface area contributed by atoms with Crippen LogP contribution < -0.4 is 14.2 Å². The van der Waals surface area contributed by atoms with Gasteiger partial charge in [-0.15, -0.1) is 0 Å². The van der Waals surface area contributed by atoms with E-state index in [9.17, 15) is 4.79 Å². The van der Waals surface area contributed by atoms with Gasteiger partial charge in [0.05, 0.1) is 26.9 Å². The first-order valence-electron chi connectivity index (χ1n) is 12.0. The highest BCUT2D eigenvalue weighted by Gasteiger charge is 2.62. The van der Waals surface area contributed by atoms with E-state index in [1.165, 1.54) is 6.42 Å². The molecule has 0 N–H and O–H groups in total. The van der Waals surface area contributed by atoms with Gasteiger partial charge >= 0.3 is 5.97 Å². The van der Waals surface area contributed by atoms with Crippen molar-refractivity contribution in [1.29, 1.82) is 0 Å². The summed E-state index contributed by atoms with van der Waals surface area (Å²) in [6, 6.07) is 3.65. The molecule has 1 fully saturated rings. The Morgan fingerprint density at radius 3 is 2.00 bits per heavy atom. The van der Waals surface area contributed by atoms with Gasteiger partial charge in [-0.2, -0.15) is 0 Å². The van der Waals surface area contributed by atoms with Gasteiger partial charge in [-0.1, -0.05) is 41.0 Å². The Morgan fingerprint density at radius 2 is 1.56 bits per heavy atom. The largest absolute Gasteiger partial charge is 0.496 e. The van der Waals surface area contributed by atoms with Crippen LogP contribution in [0.1, 0.15) is 72.3 Å². The third-order valence-corrected chi connectivity index (χ3v) is 7.53. The summed E-state index contributed by atoms with van der Waals surface area (Å²) in [6.45, 7) is 10.9. The van der Waals surface area contributed by atoms with Crippen LogP contribution in [0.2, 0.25) is 0 Å². The zero-order valence-electron chi connectivity index (χ0n) is 21.0. The van der Waals surface area contributed by atoms with Crippen molar-refractivity contribution in [1.82, 2.24) is 0 Å². The van der Waals surface area contributed by atoms with Gasteiger partial charge in [0.25, 0.3) is 0 Å². The minimum absolute atomic E-state index is 0.0600. The van der Waals surface area contributed by atoms with Crippen LogP contribution in [0, 0.1) is 17.8 Å². The molecule has 1 aromatic rings.